The number of benzene rings is 1. The van der Waals surface area contributed by atoms with Crippen molar-refractivity contribution in [2.75, 3.05) is 26.9 Å². The van der Waals surface area contributed by atoms with E-state index in [2.05, 4.69) is 42.4 Å². The van der Waals surface area contributed by atoms with E-state index in [1.807, 2.05) is 18.7 Å². The van der Waals surface area contributed by atoms with Crippen LogP contribution in [0.1, 0.15) is 86.9 Å². The highest BCUT2D eigenvalue weighted by Crippen LogP contribution is 2.41. The van der Waals surface area contributed by atoms with E-state index < -0.39 is 0 Å². The minimum Gasteiger partial charge on any atom is -0.493 e. The van der Waals surface area contributed by atoms with Gasteiger partial charge in [-0.3, -0.25) is 9.36 Å². The summed E-state index contributed by atoms with van der Waals surface area (Å²) in [6.07, 6.45) is 5.18. The highest BCUT2D eigenvalue weighted by Gasteiger charge is 2.39. The third-order valence-electron chi connectivity index (χ3n) is 7.42. The summed E-state index contributed by atoms with van der Waals surface area (Å²) in [5, 5.41) is 0. The van der Waals surface area contributed by atoms with E-state index in [0.29, 0.717) is 31.2 Å². The zero-order valence-electron chi connectivity index (χ0n) is 22.1. The van der Waals surface area contributed by atoms with Crippen LogP contribution in [0.2, 0.25) is 0 Å². The van der Waals surface area contributed by atoms with E-state index >= 15 is 0 Å². The van der Waals surface area contributed by atoms with Crippen molar-refractivity contribution in [3.05, 3.63) is 34.9 Å². The minimum atomic E-state index is -0.375. The average Bonchev–Trinajstić information content (AvgIpc) is 3.02. The molecule has 3 aliphatic rings. The molecule has 0 N–H and O–H groups in total. The van der Waals surface area contributed by atoms with Gasteiger partial charge in [0.2, 0.25) is 0 Å². The summed E-state index contributed by atoms with van der Waals surface area (Å²) in [5.41, 5.74) is 3.43. The summed E-state index contributed by atoms with van der Waals surface area (Å²) in [5.74, 6) is 9.19. The Kier molecular flexibility index (Phi) is 6.74. The number of aromatic nitrogens is 2. The maximum absolute atomic E-state index is 14.0. The molecule has 5 rings (SSSR count). The van der Waals surface area contributed by atoms with E-state index in [1.165, 1.54) is 5.56 Å². The lowest BCUT2D eigenvalue weighted by molar-refractivity contribution is -0.0373. The maximum Gasteiger partial charge on any atom is 0.274 e. The van der Waals surface area contributed by atoms with Crippen LogP contribution in [0.5, 0.6) is 11.5 Å². The summed E-state index contributed by atoms with van der Waals surface area (Å²) in [4.78, 5) is 21.1. The predicted octanol–water partition coefficient (Wildman–Crippen LogP) is 4.68. The van der Waals surface area contributed by atoms with Gasteiger partial charge in [-0.2, -0.15) is 0 Å². The Morgan fingerprint density at radius 1 is 1.17 bits per heavy atom. The Hall–Kier alpha value is -2.98. The second-order valence-electron chi connectivity index (χ2n) is 10.8. The molecule has 1 saturated heterocycles. The van der Waals surface area contributed by atoms with Crippen molar-refractivity contribution < 1.29 is 19.0 Å². The van der Waals surface area contributed by atoms with Crippen LogP contribution in [0, 0.1) is 11.8 Å². The third-order valence-corrected chi connectivity index (χ3v) is 7.42. The number of imidazole rings is 1. The summed E-state index contributed by atoms with van der Waals surface area (Å²) in [6.45, 7) is 9.81. The number of nitrogens with zero attached hydrogens (tertiary/aromatic N) is 3. The molecule has 0 atom stereocenters. The minimum absolute atomic E-state index is 0.00112. The highest BCUT2D eigenvalue weighted by atomic mass is 16.5. The molecule has 7 heteroatoms. The quantitative estimate of drug-likeness (QED) is 0.569. The van der Waals surface area contributed by atoms with Gasteiger partial charge in [0.25, 0.3) is 5.91 Å². The number of amides is 1. The van der Waals surface area contributed by atoms with Gasteiger partial charge in [-0.1, -0.05) is 0 Å². The lowest BCUT2D eigenvalue weighted by atomic mass is 9.96. The third kappa shape index (κ3) is 4.48. The number of fused-ring (bicyclic) bond motifs is 3. The molecule has 1 aromatic carbocycles. The Balaban J connectivity index is 1.66. The number of morpholine rings is 1. The Labute approximate surface area is 214 Å². The molecular weight excluding hydrogens is 454 g/mol. The lowest BCUT2D eigenvalue weighted by Gasteiger charge is -2.41. The first-order chi connectivity index (χ1) is 17.3. The van der Waals surface area contributed by atoms with E-state index in [0.717, 1.165) is 61.5 Å². The number of aryl methyl sites for hydroxylation is 1. The molecule has 0 saturated carbocycles. The van der Waals surface area contributed by atoms with Gasteiger partial charge in [-0.15, -0.1) is 11.8 Å². The van der Waals surface area contributed by atoms with E-state index in [9.17, 15) is 4.79 Å². The zero-order chi connectivity index (χ0) is 25.4. The van der Waals surface area contributed by atoms with E-state index in [1.54, 1.807) is 7.11 Å². The molecule has 1 aliphatic carbocycles. The van der Waals surface area contributed by atoms with Crippen molar-refractivity contribution in [2.24, 2.45) is 0 Å². The van der Waals surface area contributed by atoms with Gasteiger partial charge in [-0.05, 0) is 65.0 Å². The maximum atomic E-state index is 14.0. The monoisotopic (exact) mass is 491 g/mol. The van der Waals surface area contributed by atoms with Gasteiger partial charge in [0, 0.05) is 31.4 Å². The first kappa shape index (κ1) is 24.7. The molecule has 0 bridgehead atoms. The molecule has 2 aliphatic heterocycles. The van der Waals surface area contributed by atoms with Crippen LogP contribution < -0.4 is 9.47 Å². The first-order valence-electron chi connectivity index (χ1n) is 13.1. The Bertz CT molecular complexity index is 1210. The molecule has 192 valence electrons. The van der Waals surface area contributed by atoms with Crippen LogP contribution in [0.25, 0.3) is 5.69 Å². The number of methoxy groups -OCH3 is 1. The largest absolute Gasteiger partial charge is 0.493 e. The number of carbonyl (C=O) groups is 1. The van der Waals surface area contributed by atoms with Crippen molar-refractivity contribution in [1.29, 1.82) is 0 Å². The number of carbonyl (C=O) groups excluding carboxylic acids is 1. The molecule has 0 unspecified atom stereocenters. The van der Waals surface area contributed by atoms with Gasteiger partial charge in [0.15, 0.2) is 11.5 Å². The molecule has 36 heavy (non-hydrogen) atoms. The van der Waals surface area contributed by atoms with Gasteiger partial charge in [-0.25, -0.2) is 4.98 Å². The fourth-order valence-electron chi connectivity index (χ4n) is 5.61. The van der Waals surface area contributed by atoms with Crippen molar-refractivity contribution >= 4 is 5.91 Å². The summed E-state index contributed by atoms with van der Waals surface area (Å²) in [7, 11) is 1.68. The molecule has 2 aromatic rings. The fraction of sp³-hybridized carbons (Fsp3) is 0.586. The van der Waals surface area contributed by atoms with Crippen LogP contribution in [-0.4, -0.2) is 58.9 Å². The summed E-state index contributed by atoms with van der Waals surface area (Å²) in [6, 6.07) is 4.16. The van der Waals surface area contributed by atoms with Gasteiger partial charge >= 0.3 is 0 Å². The summed E-state index contributed by atoms with van der Waals surface area (Å²) < 4.78 is 19.7. The number of hydrogen-bond donors (Lipinski definition) is 0. The van der Waals surface area contributed by atoms with E-state index in [-0.39, 0.29) is 23.5 Å². The zero-order valence-corrected chi connectivity index (χ0v) is 22.1. The second-order valence-corrected chi connectivity index (χ2v) is 10.8. The lowest BCUT2D eigenvalue weighted by Crippen LogP contribution is -2.55. The van der Waals surface area contributed by atoms with Crippen molar-refractivity contribution in [1.82, 2.24) is 14.5 Å². The van der Waals surface area contributed by atoms with Crippen molar-refractivity contribution in [3.8, 4) is 29.0 Å². The molecule has 0 radical (unpaired) electrons. The van der Waals surface area contributed by atoms with Crippen LogP contribution in [0.3, 0.4) is 0 Å². The first-order valence-corrected chi connectivity index (χ1v) is 13.1. The number of hydrogen-bond acceptors (Lipinski definition) is 5. The molecule has 1 aromatic heterocycles. The predicted molar refractivity (Wildman–Crippen MR) is 138 cm³/mol. The fourth-order valence-corrected chi connectivity index (χ4v) is 5.61. The molecule has 3 heterocycles. The number of rotatable bonds is 5. The van der Waals surface area contributed by atoms with Crippen molar-refractivity contribution in [2.45, 2.75) is 83.8 Å². The standard InChI is InChI=1S/C29H37N3O4/c1-19(2)36-25-17-23-21(16-24(25)34-5)12-13-22-26(28(33)31-14-15-35-18-29(31,3)4)30-27(32(22)23)20-10-8-6-7-9-11-20/h16-17,19-20H,8-15,18H2,1-5H3. The van der Waals surface area contributed by atoms with Gasteiger partial charge < -0.3 is 19.1 Å². The number of ether oxygens (including phenoxy) is 3. The highest BCUT2D eigenvalue weighted by molar-refractivity contribution is 5.94. The smallest absolute Gasteiger partial charge is 0.274 e. The van der Waals surface area contributed by atoms with Crippen LogP contribution in [-0.2, 0) is 17.6 Å². The molecule has 0 spiro atoms. The van der Waals surface area contributed by atoms with Gasteiger partial charge in [0.05, 0.1) is 43.3 Å². The molecule has 7 nitrogen and oxygen atoms in total. The SMILES string of the molecule is COc1cc2c(cc1OC(C)C)-n1c(C3CCC#CCC3)nc(C(=O)N3CCOCC3(C)C)c1CC2. The Morgan fingerprint density at radius 3 is 2.58 bits per heavy atom. The van der Waals surface area contributed by atoms with Gasteiger partial charge in [0.1, 0.15) is 11.5 Å². The average molecular weight is 492 g/mol. The van der Waals surface area contributed by atoms with Crippen LogP contribution in [0.4, 0.5) is 0 Å². The molecule has 1 fully saturated rings. The molecular formula is C29H37N3O4. The molecule has 1 amide bonds. The van der Waals surface area contributed by atoms with Crippen molar-refractivity contribution in [3.63, 3.8) is 0 Å². The summed E-state index contributed by atoms with van der Waals surface area (Å²) >= 11 is 0. The second kappa shape index (κ2) is 9.82. The van der Waals surface area contributed by atoms with E-state index in [4.69, 9.17) is 19.2 Å². The topological polar surface area (TPSA) is 65.8 Å². The normalized spacial score (nSPS) is 19.1. The Morgan fingerprint density at radius 2 is 1.92 bits per heavy atom. The van der Waals surface area contributed by atoms with Crippen LogP contribution in [0.15, 0.2) is 12.1 Å². The van der Waals surface area contributed by atoms with Crippen LogP contribution >= 0.6 is 0 Å².